The summed E-state index contributed by atoms with van der Waals surface area (Å²) in [7, 11) is 1.74. The van der Waals surface area contributed by atoms with Crippen LogP contribution >= 0.6 is 0 Å². The molecule has 1 aromatic rings. The summed E-state index contributed by atoms with van der Waals surface area (Å²) in [6.45, 7) is 3.45. The van der Waals surface area contributed by atoms with Gasteiger partial charge in [0.25, 0.3) is 0 Å². The Hall–Kier alpha value is -1.02. The van der Waals surface area contributed by atoms with Crippen LogP contribution < -0.4 is 10.1 Å². The summed E-state index contributed by atoms with van der Waals surface area (Å²) < 4.78 is 5.29. The Morgan fingerprint density at radius 3 is 2.79 bits per heavy atom. The first-order valence-corrected chi connectivity index (χ1v) is 7.70. The van der Waals surface area contributed by atoms with Crippen molar-refractivity contribution in [3.05, 3.63) is 29.8 Å². The molecule has 1 saturated carbocycles. The highest BCUT2D eigenvalue weighted by molar-refractivity contribution is 5.32. The maximum Gasteiger partial charge on any atom is 0.119 e. The molecule has 106 valence electrons. The van der Waals surface area contributed by atoms with E-state index in [0.29, 0.717) is 0 Å². The smallest absolute Gasteiger partial charge is 0.119 e. The van der Waals surface area contributed by atoms with Gasteiger partial charge in [0.15, 0.2) is 0 Å². The molecule has 19 heavy (non-hydrogen) atoms. The monoisotopic (exact) mass is 261 g/mol. The zero-order chi connectivity index (χ0) is 13.5. The lowest BCUT2D eigenvalue weighted by Gasteiger charge is -2.36. The fourth-order valence-corrected chi connectivity index (χ4v) is 2.81. The highest BCUT2D eigenvalue weighted by atomic mass is 16.5. The maximum absolute atomic E-state index is 5.29. The zero-order valence-corrected chi connectivity index (χ0v) is 12.3. The molecule has 0 aromatic heterocycles. The number of benzene rings is 1. The molecule has 0 bridgehead atoms. The van der Waals surface area contributed by atoms with E-state index in [2.05, 4.69) is 30.4 Å². The first-order valence-electron chi connectivity index (χ1n) is 7.70. The van der Waals surface area contributed by atoms with Crippen LogP contribution in [0.5, 0.6) is 5.75 Å². The molecule has 1 aliphatic carbocycles. The van der Waals surface area contributed by atoms with E-state index in [9.17, 15) is 0 Å². The second-order valence-corrected chi connectivity index (χ2v) is 5.66. The topological polar surface area (TPSA) is 21.3 Å². The minimum absolute atomic E-state index is 0.725. The molecule has 1 N–H and O–H groups in total. The summed E-state index contributed by atoms with van der Waals surface area (Å²) >= 11 is 0. The third-order valence-corrected chi connectivity index (χ3v) is 4.17. The van der Waals surface area contributed by atoms with Crippen molar-refractivity contribution in [2.45, 2.75) is 57.4 Å². The first kappa shape index (κ1) is 14.4. The van der Waals surface area contributed by atoms with Crippen LogP contribution in [0.15, 0.2) is 24.3 Å². The molecule has 1 aliphatic rings. The predicted octanol–water partition coefficient (Wildman–Crippen LogP) is 4.11. The number of nitrogens with one attached hydrogen (secondary N) is 1. The van der Waals surface area contributed by atoms with Gasteiger partial charge in [-0.15, -0.1) is 0 Å². The molecule has 0 saturated heterocycles. The molecule has 0 radical (unpaired) electrons. The number of ether oxygens (including phenoxy) is 1. The zero-order valence-electron chi connectivity index (χ0n) is 12.3. The summed E-state index contributed by atoms with van der Waals surface area (Å²) in [6.07, 6.45) is 7.95. The highest BCUT2D eigenvalue weighted by Gasteiger charge is 2.29. The van der Waals surface area contributed by atoms with E-state index in [0.717, 1.165) is 17.7 Å². The van der Waals surface area contributed by atoms with Crippen LogP contribution in [0.25, 0.3) is 0 Å². The van der Waals surface area contributed by atoms with E-state index in [1.807, 2.05) is 6.07 Å². The Morgan fingerprint density at radius 2 is 2.05 bits per heavy atom. The molecule has 0 heterocycles. The molecule has 0 atom stereocenters. The molecule has 0 unspecified atom stereocenters. The Balaban J connectivity index is 1.65. The van der Waals surface area contributed by atoms with Gasteiger partial charge >= 0.3 is 0 Å². The molecule has 2 heteroatoms. The van der Waals surface area contributed by atoms with Gasteiger partial charge in [0, 0.05) is 6.04 Å². The Kier molecular flexibility index (Phi) is 5.71. The van der Waals surface area contributed by atoms with E-state index < -0.39 is 0 Å². The van der Waals surface area contributed by atoms with Gasteiger partial charge in [-0.1, -0.05) is 38.3 Å². The largest absolute Gasteiger partial charge is 0.497 e. The summed E-state index contributed by atoms with van der Waals surface area (Å²) in [5.41, 5.74) is 1.43. The van der Waals surface area contributed by atoms with Crippen LogP contribution in [0.1, 0.15) is 56.9 Å². The maximum atomic E-state index is 5.29. The van der Waals surface area contributed by atoms with Crippen molar-refractivity contribution in [1.29, 1.82) is 0 Å². The third-order valence-electron chi connectivity index (χ3n) is 4.17. The molecular formula is C17H27NO. The SMILES string of the molecule is CCCCCCNC1CC(c2cccc(OC)c2)C1. The van der Waals surface area contributed by atoms with Crippen LogP contribution in [0, 0.1) is 0 Å². The standard InChI is InChI=1S/C17H27NO/c1-3-4-5-6-10-18-16-11-15(12-16)14-8-7-9-17(13-14)19-2/h7-9,13,15-16,18H,3-6,10-12H2,1-2H3. The third kappa shape index (κ3) is 4.24. The second kappa shape index (κ2) is 7.54. The van der Waals surface area contributed by atoms with Crippen LogP contribution in [-0.2, 0) is 0 Å². The number of rotatable bonds is 8. The second-order valence-electron chi connectivity index (χ2n) is 5.66. The van der Waals surface area contributed by atoms with Gasteiger partial charge < -0.3 is 10.1 Å². The summed E-state index contributed by atoms with van der Waals surface area (Å²) in [6, 6.07) is 9.26. The minimum Gasteiger partial charge on any atom is -0.497 e. The van der Waals surface area contributed by atoms with Gasteiger partial charge in [0.05, 0.1) is 7.11 Å². The Morgan fingerprint density at radius 1 is 1.21 bits per heavy atom. The molecule has 2 nitrogen and oxygen atoms in total. The fraction of sp³-hybridized carbons (Fsp3) is 0.647. The average Bonchev–Trinajstić information content (AvgIpc) is 2.40. The molecule has 1 fully saturated rings. The quantitative estimate of drug-likeness (QED) is 0.711. The first-order chi connectivity index (χ1) is 9.33. The van der Waals surface area contributed by atoms with E-state index >= 15 is 0 Å². The van der Waals surface area contributed by atoms with Gasteiger partial charge in [-0.05, 0) is 49.4 Å². The van der Waals surface area contributed by atoms with Gasteiger partial charge in [-0.3, -0.25) is 0 Å². The van der Waals surface area contributed by atoms with Crippen molar-refractivity contribution in [1.82, 2.24) is 5.32 Å². The number of methoxy groups -OCH3 is 1. The van der Waals surface area contributed by atoms with Crippen LogP contribution in [0.4, 0.5) is 0 Å². The van der Waals surface area contributed by atoms with E-state index in [-0.39, 0.29) is 0 Å². The minimum atomic E-state index is 0.725. The van der Waals surface area contributed by atoms with Gasteiger partial charge in [-0.2, -0.15) is 0 Å². The summed E-state index contributed by atoms with van der Waals surface area (Å²) in [4.78, 5) is 0. The van der Waals surface area contributed by atoms with Gasteiger partial charge in [0.2, 0.25) is 0 Å². The van der Waals surface area contributed by atoms with Crippen molar-refractivity contribution in [3.8, 4) is 5.75 Å². The molecule has 0 aliphatic heterocycles. The van der Waals surface area contributed by atoms with E-state index in [4.69, 9.17) is 4.74 Å². The van der Waals surface area contributed by atoms with Crippen molar-refractivity contribution >= 4 is 0 Å². The average molecular weight is 261 g/mol. The lowest BCUT2D eigenvalue weighted by molar-refractivity contribution is 0.289. The van der Waals surface area contributed by atoms with Crippen molar-refractivity contribution in [3.63, 3.8) is 0 Å². The van der Waals surface area contributed by atoms with Crippen LogP contribution in [0.3, 0.4) is 0 Å². The van der Waals surface area contributed by atoms with Gasteiger partial charge in [-0.25, -0.2) is 0 Å². The summed E-state index contributed by atoms with van der Waals surface area (Å²) in [5, 5.41) is 3.68. The molecule has 1 aromatic carbocycles. The van der Waals surface area contributed by atoms with E-state index in [1.54, 1.807) is 7.11 Å². The lowest BCUT2D eigenvalue weighted by Crippen LogP contribution is -2.40. The van der Waals surface area contributed by atoms with Crippen molar-refractivity contribution < 1.29 is 4.74 Å². The number of unbranched alkanes of at least 4 members (excludes halogenated alkanes) is 3. The van der Waals surface area contributed by atoms with Crippen LogP contribution in [-0.4, -0.2) is 19.7 Å². The lowest BCUT2D eigenvalue weighted by atomic mass is 9.76. The molecule has 0 spiro atoms. The molecule has 2 rings (SSSR count). The number of hydrogen-bond donors (Lipinski definition) is 1. The molecular weight excluding hydrogens is 234 g/mol. The van der Waals surface area contributed by atoms with Crippen LogP contribution in [0.2, 0.25) is 0 Å². The Labute approximate surface area is 117 Å². The summed E-state index contributed by atoms with van der Waals surface area (Å²) in [5.74, 6) is 1.71. The molecule has 0 amide bonds. The van der Waals surface area contributed by atoms with Gasteiger partial charge in [0.1, 0.15) is 5.75 Å². The van der Waals surface area contributed by atoms with Crippen molar-refractivity contribution in [2.24, 2.45) is 0 Å². The highest BCUT2D eigenvalue weighted by Crippen LogP contribution is 2.37. The van der Waals surface area contributed by atoms with Crippen molar-refractivity contribution in [2.75, 3.05) is 13.7 Å². The fourth-order valence-electron chi connectivity index (χ4n) is 2.81. The predicted molar refractivity (Wildman–Crippen MR) is 80.9 cm³/mol. The number of hydrogen-bond acceptors (Lipinski definition) is 2. The Bertz CT molecular complexity index is 371. The van der Waals surface area contributed by atoms with E-state index in [1.165, 1.54) is 50.6 Å². The normalized spacial score (nSPS) is 22.0.